The van der Waals surface area contributed by atoms with Gasteiger partial charge in [-0.15, -0.1) is 0 Å². The van der Waals surface area contributed by atoms with Crippen LogP contribution >= 0.6 is 0 Å². The van der Waals surface area contributed by atoms with Crippen LogP contribution in [0.5, 0.6) is 11.5 Å². The zero-order chi connectivity index (χ0) is 14.9. The first-order valence-electron chi connectivity index (χ1n) is 7.24. The summed E-state index contributed by atoms with van der Waals surface area (Å²) in [7, 11) is 0. The second-order valence-corrected chi connectivity index (χ2v) is 5.35. The van der Waals surface area contributed by atoms with Gasteiger partial charge in [0.1, 0.15) is 11.5 Å². The van der Waals surface area contributed by atoms with E-state index < -0.39 is 0 Å². The lowest BCUT2D eigenvalue weighted by Crippen LogP contribution is -1.88. The summed E-state index contributed by atoms with van der Waals surface area (Å²) >= 11 is 0. The third-order valence-corrected chi connectivity index (χ3v) is 3.81. The molecule has 0 aromatic heterocycles. The molecule has 0 saturated carbocycles. The molecule has 0 spiro atoms. The highest BCUT2D eigenvalue weighted by Gasteiger charge is 2.05. The average molecular weight is 285 g/mol. The maximum absolute atomic E-state index is 6.04. The van der Waals surface area contributed by atoms with E-state index in [1.54, 1.807) is 0 Å². The molecule has 0 bridgehead atoms. The summed E-state index contributed by atoms with van der Waals surface area (Å²) < 4.78 is 6.04. The van der Waals surface area contributed by atoms with Crippen LogP contribution in [0, 0.1) is 0 Å². The number of benzene rings is 4. The normalized spacial score (nSPS) is 10.9. The number of hydrogen-bond acceptors (Lipinski definition) is 2. The molecule has 4 aromatic carbocycles. The van der Waals surface area contributed by atoms with E-state index in [-0.39, 0.29) is 0 Å². The molecule has 0 heterocycles. The molecular weight excluding hydrogens is 270 g/mol. The molecule has 2 nitrogen and oxygen atoms in total. The lowest BCUT2D eigenvalue weighted by molar-refractivity contribution is 0.488. The lowest BCUT2D eigenvalue weighted by atomic mass is 10.0. The Balaban J connectivity index is 1.86. The fourth-order valence-electron chi connectivity index (χ4n) is 2.69. The van der Waals surface area contributed by atoms with Crippen molar-refractivity contribution in [1.29, 1.82) is 0 Å². The van der Waals surface area contributed by atoms with Crippen LogP contribution in [0.2, 0.25) is 0 Å². The summed E-state index contributed by atoms with van der Waals surface area (Å²) in [6.07, 6.45) is 0. The summed E-state index contributed by atoms with van der Waals surface area (Å²) in [4.78, 5) is 0. The van der Waals surface area contributed by atoms with E-state index in [0.717, 1.165) is 22.6 Å². The molecule has 0 fully saturated rings. The summed E-state index contributed by atoms with van der Waals surface area (Å²) in [5.41, 5.74) is 6.45. The molecule has 0 radical (unpaired) electrons. The fraction of sp³-hybridized carbons (Fsp3) is 0. The monoisotopic (exact) mass is 285 g/mol. The van der Waals surface area contributed by atoms with E-state index in [0.29, 0.717) is 0 Å². The maximum atomic E-state index is 6.04. The van der Waals surface area contributed by atoms with Crippen LogP contribution in [0.3, 0.4) is 0 Å². The van der Waals surface area contributed by atoms with Crippen LogP contribution in [0.1, 0.15) is 0 Å². The minimum Gasteiger partial charge on any atom is -0.457 e. The second-order valence-electron chi connectivity index (χ2n) is 5.35. The van der Waals surface area contributed by atoms with Gasteiger partial charge in [-0.2, -0.15) is 0 Å². The standard InChI is InChI=1S/C20H15NO/c21-17-8-10-18(11-9-17)22-20-7-3-6-16-12-14-4-1-2-5-15(14)13-19(16)20/h1-13H,21H2. The van der Waals surface area contributed by atoms with Gasteiger partial charge in [0.15, 0.2) is 0 Å². The number of ether oxygens (including phenoxy) is 1. The maximum Gasteiger partial charge on any atom is 0.135 e. The van der Waals surface area contributed by atoms with Gasteiger partial charge in [0.05, 0.1) is 0 Å². The third-order valence-electron chi connectivity index (χ3n) is 3.81. The van der Waals surface area contributed by atoms with Crippen LogP contribution in [0.25, 0.3) is 21.5 Å². The molecule has 22 heavy (non-hydrogen) atoms. The van der Waals surface area contributed by atoms with Crippen molar-refractivity contribution in [2.75, 3.05) is 5.73 Å². The Morgan fingerprint density at radius 3 is 2.09 bits per heavy atom. The number of anilines is 1. The largest absolute Gasteiger partial charge is 0.457 e. The van der Waals surface area contributed by atoms with Crippen molar-refractivity contribution >= 4 is 27.2 Å². The molecule has 2 N–H and O–H groups in total. The van der Waals surface area contributed by atoms with Crippen LogP contribution < -0.4 is 10.5 Å². The molecule has 0 unspecified atom stereocenters. The van der Waals surface area contributed by atoms with Crippen LogP contribution in [-0.2, 0) is 0 Å². The van der Waals surface area contributed by atoms with Gasteiger partial charge in [0.2, 0.25) is 0 Å². The molecule has 106 valence electrons. The Morgan fingerprint density at radius 2 is 1.32 bits per heavy atom. The SMILES string of the molecule is Nc1ccc(Oc2cccc3cc4ccccc4cc23)cc1. The molecule has 4 aromatic rings. The molecule has 0 amide bonds. The highest BCUT2D eigenvalue weighted by atomic mass is 16.5. The highest BCUT2D eigenvalue weighted by molar-refractivity contribution is 6.00. The van der Waals surface area contributed by atoms with Gasteiger partial charge >= 0.3 is 0 Å². The van der Waals surface area contributed by atoms with Crippen LogP contribution in [-0.4, -0.2) is 0 Å². The molecule has 0 atom stereocenters. The van der Waals surface area contributed by atoms with Crippen molar-refractivity contribution in [2.45, 2.75) is 0 Å². The van der Waals surface area contributed by atoms with Gasteiger partial charge in [-0.3, -0.25) is 0 Å². The van der Waals surface area contributed by atoms with Gasteiger partial charge in [-0.1, -0.05) is 36.4 Å². The number of fused-ring (bicyclic) bond motifs is 2. The van der Waals surface area contributed by atoms with Gasteiger partial charge in [0, 0.05) is 11.1 Å². The highest BCUT2D eigenvalue weighted by Crippen LogP contribution is 2.33. The van der Waals surface area contributed by atoms with Crippen molar-refractivity contribution in [3.63, 3.8) is 0 Å². The quantitative estimate of drug-likeness (QED) is 0.397. The minimum atomic E-state index is 0.733. The smallest absolute Gasteiger partial charge is 0.135 e. The molecule has 4 rings (SSSR count). The second kappa shape index (κ2) is 5.08. The molecule has 0 aliphatic rings. The van der Waals surface area contributed by atoms with Gasteiger partial charge < -0.3 is 10.5 Å². The average Bonchev–Trinajstić information content (AvgIpc) is 2.55. The molecular formula is C20H15NO. The molecule has 0 aliphatic carbocycles. The van der Waals surface area contributed by atoms with Gasteiger partial charge in [-0.25, -0.2) is 0 Å². The molecule has 0 aliphatic heterocycles. The van der Waals surface area contributed by atoms with Crippen molar-refractivity contribution in [1.82, 2.24) is 0 Å². The Kier molecular flexibility index (Phi) is 2.94. The predicted octanol–water partition coefficient (Wildman–Crippen LogP) is 5.37. The zero-order valence-electron chi connectivity index (χ0n) is 12.0. The first-order chi connectivity index (χ1) is 10.8. The first kappa shape index (κ1) is 12.7. The van der Waals surface area contributed by atoms with Gasteiger partial charge in [-0.05, 0) is 58.6 Å². The van der Waals surface area contributed by atoms with Gasteiger partial charge in [0.25, 0.3) is 0 Å². The predicted molar refractivity (Wildman–Crippen MR) is 92.4 cm³/mol. The Morgan fingerprint density at radius 1 is 0.636 bits per heavy atom. The van der Waals surface area contributed by atoms with Crippen molar-refractivity contribution in [3.05, 3.63) is 78.9 Å². The topological polar surface area (TPSA) is 35.2 Å². The fourth-order valence-corrected chi connectivity index (χ4v) is 2.69. The first-order valence-corrected chi connectivity index (χ1v) is 7.24. The molecule has 0 saturated heterocycles. The van der Waals surface area contributed by atoms with E-state index in [2.05, 4.69) is 42.5 Å². The van der Waals surface area contributed by atoms with Crippen molar-refractivity contribution in [2.24, 2.45) is 0 Å². The number of nitrogens with two attached hydrogens (primary N) is 1. The minimum absolute atomic E-state index is 0.733. The van der Waals surface area contributed by atoms with E-state index >= 15 is 0 Å². The zero-order valence-corrected chi connectivity index (χ0v) is 12.0. The Labute approximate surface area is 128 Å². The summed E-state index contributed by atoms with van der Waals surface area (Å²) in [5, 5.41) is 4.73. The number of hydrogen-bond donors (Lipinski definition) is 1. The molecule has 2 heteroatoms. The summed E-state index contributed by atoms with van der Waals surface area (Å²) in [5.74, 6) is 1.64. The van der Waals surface area contributed by atoms with E-state index in [1.165, 1.54) is 16.2 Å². The summed E-state index contributed by atoms with van der Waals surface area (Å²) in [6, 6.07) is 26.3. The van der Waals surface area contributed by atoms with Crippen molar-refractivity contribution < 1.29 is 4.74 Å². The van der Waals surface area contributed by atoms with E-state index in [9.17, 15) is 0 Å². The van der Waals surface area contributed by atoms with Crippen LogP contribution in [0.4, 0.5) is 5.69 Å². The lowest BCUT2D eigenvalue weighted by Gasteiger charge is -2.10. The van der Waals surface area contributed by atoms with E-state index in [1.807, 2.05) is 36.4 Å². The Hall–Kier alpha value is -3.00. The summed E-state index contributed by atoms with van der Waals surface area (Å²) in [6.45, 7) is 0. The van der Waals surface area contributed by atoms with Crippen LogP contribution in [0.15, 0.2) is 78.9 Å². The van der Waals surface area contributed by atoms with E-state index in [4.69, 9.17) is 10.5 Å². The van der Waals surface area contributed by atoms with Crippen molar-refractivity contribution in [3.8, 4) is 11.5 Å². The number of rotatable bonds is 2. The third kappa shape index (κ3) is 2.25. The number of nitrogen functional groups attached to an aromatic ring is 1. The Bertz CT molecular complexity index is 958.